The Balaban J connectivity index is 0.00000312. The number of likely N-dealkylation sites (N-methyl/N-ethyl adjacent to an activating group) is 1. The van der Waals surface area contributed by atoms with Crippen LogP contribution < -0.4 is 5.32 Å². The number of halogens is 1. The molecule has 146 valence electrons. The molecule has 25 heavy (non-hydrogen) atoms. The fourth-order valence-electron chi connectivity index (χ4n) is 3.78. The summed E-state index contributed by atoms with van der Waals surface area (Å²) in [6.45, 7) is 9.70. The minimum absolute atomic E-state index is 0. The van der Waals surface area contributed by atoms with E-state index in [4.69, 9.17) is 0 Å². The molecule has 0 aromatic rings. The summed E-state index contributed by atoms with van der Waals surface area (Å²) >= 11 is 0. The van der Waals surface area contributed by atoms with Crippen molar-refractivity contribution >= 4 is 35.8 Å². The van der Waals surface area contributed by atoms with Gasteiger partial charge in [-0.05, 0) is 37.6 Å². The van der Waals surface area contributed by atoms with Gasteiger partial charge in [0, 0.05) is 47.3 Å². The highest BCUT2D eigenvalue weighted by Crippen LogP contribution is 2.28. The maximum absolute atomic E-state index is 12.2. The SMILES string of the molecule is CN=C(NCCCN1CCCC1C(=O)N(C)C)N1CCC(C)(C)C1.I. The molecule has 0 aromatic carbocycles. The number of nitrogens with one attached hydrogen (secondary N) is 1. The molecular weight excluding hydrogens is 429 g/mol. The molecule has 2 saturated heterocycles. The summed E-state index contributed by atoms with van der Waals surface area (Å²) in [7, 11) is 5.56. The van der Waals surface area contributed by atoms with E-state index in [2.05, 4.69) is 34.0 Å². The standard InChI is InChI=1S/C18H35N5O.HI/c1-18(2)9-13-23(14-18)17(19-3)20-10-7-12-22-11-6-8-15(22)16(24)21(4)5;/h15H,6-14H2,1-5H3,(H,19,20);1H. The highest BCUT2D eigenvalue weighted by Gasteiger charge is 2.32. The van der Waals surface area contributed by atoms with Gasteiger partial charge in [-0.25, -0.2) is 0 Å². The molecule has 2 aliphatic heterocycles. The number of amides is 1. The third kappa shape index (κ3) is 6.27. The molecular formula is C18H36IN5O. The Morgan fingerprint density at radius 3 is 2.60 bits per heavy atom. The van der Waals surface area contributed by atoms with Crippen LogP contribution in [0.2, 0.25) is 0 Å². The Morgan fingerprint density at radius 1 is 1.32 bits per heavy atom. The van der Waals surface area contributed by atoms with Gasteiger partial charge in [0.25, 0.3) is 0 Å². The molecule has 0 aromatic heterocycles. The number of hydrogen-bond donors (Lipinski definition) is 1. The van der Waals surface area contributed by atoms with Crippen molar-refractivity contribution in [2.75, 3.05) is 53.9 Å². The summed E-state index contributed by atoms with van der Waals surface area (Å²) in [5.41, 5.74) is 0.382. The van der Waals surface area contributed by atoms with Crippen molar-refractivity contribution in [3.05, 3.63) is 0 Å². The summed E-state index contributed by atoms with van der Waals surface area (Å²) in [4.78, 5) is 23.1. The molecule has 1 unspecified atom stereocenters. The second-order valence-corrected chi connectivity index (χ2v) is 8.09. The van der Waals surface area contributed by atoms with Gasteiger partial charge in [0.05, 0.1) is 6.04 Å². The van der Waals surface area contributed by atoms with Crippen LogP contribution in [0, 0.1) is 5.41 Å². The van der Waals surface area contributed by atoms with Gasteiger partial charge >= 0.3 is 0 Å². The van der Waals surface area contributed by atoms with E-state index >= 15 is 0 Å². The lowest BCUT2D eigenvalue weighted by molar-refractivity contribution is -0.133. The maximum Gasteiger partial charge on any atom is 0.239 e. The van der Waals surface area contributed by atoms with Crippen molar-refractivity contribution in [1.82, 2.24) is 20.0 Å². The highest BCUT2D eigenvalue weighted by molar-refractivity contribution is 14.0. The monoisotopic (exact) mass is 465 g/mol. The topological polar surface area (TPSA) is 51.2 Å². The van der Waals surface area contributed by atoms with Gasteiger partial charge in [-0.2, -0.15) is 0 Å². The van der Waals surface area contributed by atoms with Crippen molar-refractivity contribution in [3.63, 3.8) is 0 Å². The van der Waals surface area contributed by atoms with Gasteiger partial charge in [0.2, 0.25) is 5.91 Å². The van der Waals surface area contributed by atoms with Gasteiger partial charge in [0.1, 0.15) is 0 Å². The first-order valence-corrected chi connectivity index (χ1v) is 9.25. The second-order valence-electron chi connectivity index (χ2n) is 8.09. The summed E-state index contributed by atoms with van der Waals surface area (Å²) in [5, 5.41) is 3.49. The van der Waals surface area contributed by atoms with Gasteiger partial charge in [0.15, 0.2) is 5.96 Å². The molecule has 2 aliphatic rings. The van der Waals surface area contributed by atoms with Crippen molar-refractivity contribution in [3.8, 4) is 0 Å². The van der Waals surface area contributed by atoms with Crippen LogP contribution in [0.5, 0.6) is 0 Å². The molecule has 2 heterocycles. The van der Waals surface area contributed by atoms with Crippen LogP contribution in [0.3, 0.4) is 0 Å². The Labute approximate surface area is 170 Å². The van der Waals surface area contributed by atoms with E-state index in [1.54, 1.807) is 4.90 Å². The zero-order valence-corrected chi connectivity index (χ0v) is 18.9. The summed E-state index contributed by atoms with van der Waals surface area (Å²) < 4.78 is 0. The van der Waals surface area contributed by atoms with Crippen LogP contribution in [-0.4, -0.2) is 86.5 Å². The predicted octanol–water partition coefficient (Wildman–Crippen LogP) is 1.85. The average Bonchev–Trinajstić information content (AvgIpc) is 3.12. The molecule has 0 aliphatic carbocycles. The number of hydrogen-bond acceptors (Lipinski definition) is 3. The number of likely N-dealkylation sites (tertiary alicyclic amines) is 2. The molecule has 1 atom stereocenters. The highest BCUT2D eigenvalue weighted by atomic mass is 127. The normalized spacial score (nSPS) is 23.5. The molecule has 0 saturated carbocycles. The zero-order chi connectivity index (χ0) is 17.7. The van der Waals surface area contributed by atoms with Gasteiger partial charge in [-0.15, -0.1) is 24.0 Å². The average molecular weight is 465 g/mol. The molecule has 1 N–H and O–H groups in total. The van der Waals surface area contributed by atoms with Gasteiger partial charge in [-0.3, -0.25) is 14.7 Å². The summed E-state index contributed by atoms with van der Waals surface area (Å²) in [6, 6.07) is 0.0821. The second kappa shape index (κ2) is 9.94. The van der Waals surface area contributed by atoms with Crippen molar-refractivity contribution in [2.45, 2.75) is 45.6 Å². The van der Waals surface area contributed by atoms with Crippen LogP contribution in [0.1, 0.15) is 39.5 Å². The third-order valence-corrected chi connectivity index (χ3v) is 5.18. The first-order valence-electron chi connectivity index (χ1n) is 9.25. The van der Waals surface area contributed by atoms with Crippen LogP contribution in [-0.2, 0) is 4.79 Å². The van der Waals surface area contributed by atoms with E-state index in [-0.39, 0.29) is 35.9 Å². The number of carbonyl (C=O) groups excluding carboxylic acids is 1. The molecule has 7 heteroatoms. The minimum atomic E-state index is 0. The van der Waals surface area contributed by atoms with E-state index in [9.17, 15) is 4.79 Å². The summed E-state index contributed by atoms with van der Waals surface area (Å²) in [5.74, 6) is 1.26. The lowest BCUT2D eigenvalue weighted by Gasteiger charge is -2.27. The number of nitrogens with zero attached hydrogens (tertiary/aromatic N) is 4. The van der Waals surface area contributed by atoms with Crippen LogP contribution >= 0.6 is 24.0 Å². The minimum Gasteiger partial charge on any atom is -0.356 e. The van der Waals surface area contributed by atoms with E-state index in [1.807, 2.05) is 21.1 Å². The summed E-state index contributed by atoms with van der Waals surface area (Å²) in [6.07, 6.45) is 4.38. The van der Waals surface area contributed by atoms with Crippen LogP contribution in [0.25, 0.3) is 0 Å². The smallest absolute Gasteiger partial charge is 0.239 e. The fourth-order valence-corrected chi connectivity index (χ4v) is 3.78. The molecule has 1 amide bonds. The number of aliphatic imine (C=N–C) groups is 1. The lowest BCUT2D eigenvalue weighted by Crippen LogP contribution is -2.44. The Kier molecular flexibility index (Phi) is 8.94. The Morgan fingerprint density at radius 2 is 2.04 bits per heavy atom. The van der Waals surface area contributed by atoms with E-state index < -0.39 is 0 Å². The van der Waals surface area contributed by atoms with Crippen molar-refractivity contribution in [2.24, 2.45) is 10.4 Å². The third-order valence-electron chi connectivity index (χ3n) is 5.18. The Bertz CT molecular complexity index is 466. The molecule has 6 nitrogen and oxygen atoms in total. The number of guanidine groups is 1. The number of rotatable bonds is 5. The molecule has 0 radical (unpaired) electrons. The fraction of sp³-hybridized carbons (Fsp3) is 0.889. The lowest BCUT2D eigenvalue weighted by atomic mass is 9.93. The van der Waals surface area contributed by atoms with Crippen molar-refractivity contribution in [1.29, 1.82) is 0 Å². The first kappa shape index (κ1) is 22.5. The zero-order valence-electron chi connectivity index (χ0n) is 16.5. The Hall–Kier alpha value is -0.570. The molecule has 0 bridgehead atoms. The van der Waals surface area contributed by atoms with Gasteiger partial charge < -0.3 is 15.1 Å². The molecule has 2 fully saturated rings. The van der Waals surface area contributed by atoms with E-state index in [1.165, 1.54) is 6.42 Å². The van der Waals surface area contributed by atoms with E-state index in [0.717, 1.165) is 57.9 Å². The largest absolute Gasteiger partial charge is 0.356 e. The molecule has 0 spiro atoms. The number of carbonyl (C=O) groups is 1. The van der Waals surface area contributed by atoms with Crippen molar-refractivity contribution < 1.29 is 4.79 Å². The maximum atomic E-state index is 12.2. The quantitative estimate of drug-likeness (QED) is 0.292. The van der Waals surface area contributed by atoms with Crippen LogP contribution in [0.15, 0.2) is 4.99 Å². The van der Waals surface area contributed by atoms with Crippen LogP contribution in [0.4, 0.5) is 0 Å². The first-order chi connectivity index (χ1) is 11.3. The predicted molar refractivity (Wildman–Crippen MR) is 115 cm³/mol. The van der Waals surface area contributed by atoms with E-state index in [0.29, 0.717) is 5.41 Å². The van der Waals surface area contributed by atoms with Gasteiger partial charge in [-0.1, -0.05) is 13.8 Å². The molecule has 2 rings (SSSR count).